The van der Waals surface area contributed by atoms with Gasteiger partial charge in [0.2, 0.25) is 6.41 Å². The number of nitrogens with zero attached hydrogens (tertiary/aromatic N) is 2. The Morgan fingerprint density at radius 2 is 1.56 bits per heavy atom. The molecule has 0 aliphatic heterocycles. The molecular formula is C33H45F2N3O. The second-order valence-corrected chi connectivity index (χ2v) is 8.94. The van der Waals surface area contributed by atoms with E-state index in [1.807, 2.05) is 39.8 Å². The number of unbranched alkanes of at least 4 members (excludes halogenated alkanes) is 1. The molecule has 4 nitrogen and oxygen atoms in total. The highest BCUT2D eigenvalue weighted by molar-refractivity contribution is 5.98. The lowest BCUT2D eigenvalue weighted by Crippen LogP contribution is -2.19. The second-order valence-electron chi connectivity index (χ2n) is 8.94. The summed E-state index contributed by atoms with van der Waals surface area (Å²) in [6, 6.07) is 12.6. The van der Waals surface area contributed by atoms with Crippen LogP contribution in [0.15, 0.2) is 96.2 Å². The molecule has 39 heavy (non-hydrogen) atoms. The predicted octanol–water partition coefficient (Wildman–Crippen LogP) is 8.69. The summed E-state index contributed by atoms with van der Waals surface area (Å²) < 4.78 is 26.9. The van der Waals surface area contributed by atoms with Crippen molar-refractivity contribution >= 4 is 17.8 Å². The van der Waals surface area contributed by atoms with Gasteiger partial charge in [0.25, 0.3) is 0 Å². The maximum absolute atomic E-state index is 13.5. The highest BCUT2D eigenvalue weighted by Crippen LogP contribution is 2.20. The van der Waals surface area contributed by atoms with Crippen LogP contribution in [-0.2, 0) is 4.79 Å². The van der Waals surface area contributed by atoms with Crippen molar-refractivity contribution in [2.45, 2.75) is 60.8 Å². The normalized spacial score (nSPS) is 11.1. The van der Waals surface area contributed by atoms with E-state index in [0.717, 1.165) is 31.4 Å². The molecule has 0 unspecified atom stereocenters. The number of hydrazone groups is 1. The first-order valence-corrected chi connectivity index (χ1v) is 13.3. The molecule has 6 heteroatoms. The fourth-order valence-corrected chi connectivity index (χ4v) is 3.23. The van der Waals surface area contributed by atoms with Gasteiger partial charge in [-0.05, 0) is 64.8 Å². The largest absolute Gasteiger partial charge is 0.359 e. The Kier molecular flexibility index (Phi) is 19.1. The van der Waals surface area contributed by atoms with Gasteiger partial charge in [0.15, 0.2) is 0 Å². The van der Waals surface area contributed by atoms with Gasteiger partial charge in [-0.3, -0.25) is 9.80 Å². The van der Waals surface area contributed by atoms with Crippen molar-refractivity contribution in [3.05, 3.63) is 114 Å². The molecule has 0 spiro atoms. The first-order valence-electron chi connectivity index (χ1n) is 13.3. The average Bonchev–Trinajstić information content (AvgIpc) is 2.89. The standard InChI is InChI=1S/C20H22F2N2.C9H14.C4H9NO/c1-4-5-12-24(16(3)18-9-7-11-20(22)14-18)23-15(2)17-8-6-10-19(21)13-17;1-5-6-9(4)7-8(2)3;1-2-3-5-4-6/h6-11,13-14H,3-5,12H2,1-2H3;5-7H,2H2,1,3-4H3;4H,2-3H2,1H3,(H,5,6)/b23-15+;6-5-,9-7-;. The minimum Gasteiger partial charge on any atom is -0.359 e. The van der Waals surface area contributed by atoms with Crippen molar-refractivity contribution < 1.29 is 13.6 Å². The monoisotopic (exact) mass is 537 g/mol. The Bertz CT molecular complexity index is 1120. The van der Waals surface area contributed by atoms with Crippen molar-refractivity contribution in [3.63, 3.8) is 0 Å². The fraction of sp³-hybridized carbons (Fsp3) is 0.333. The summed E-state index contributed by atoms with van der Waals surface area (Å²) in [6.07, 6.45) is 9.79. The lowest BCUT2D eigenvalue weighted by molar-refractivity contribution is -0.109. The average molecular weight is 538 g/mol. The van der Waals surface area contributed by atoms with E-state index in [0.29, 0.717) is 35.5 Å². The highest BCUT2D eigenvalue weighted by atomic mass is 19.1. The van der Waals surface area contributed by atoms with Gasteiger partial charge in [0.05, 0.1) is 11.4 Å². The predicted molar refractivity (Wildman–Crippen MR) is 163 cm³/mol. The molecule has 1 N–H and O–H groups in total. The van der Waals surface area contributed by atoms with Crippen molar-refractivity contribution in [2.24, 2.45) is 5.10 Å². The maximum Gasteiger partial charge on any atom is 0.207 e. The van der Waals surface area contributed by atoms with Crippen LogP contribution in [0.2, 0.25) is 0 Å². The lowest BCUT2D eigenvalue weighted by atomic mass is 10.1. The molecule has 0 saturated heterocycles. The number of nitrogens with one attached hydrogen (secondary N) is 1. The van der Waals surface area contributed by atoms with E-state index < -0.39 is 0 Å². The first-order chi connectivity index (χ1) is 18.6. The molecule has 0 bridgehead atoms. The molecule has 0 aromatic heterocycles. The molecule has 0 fully saturated rings. The molecule has 0 heterocycles. The summed E-state index contributed by atoms with van der Waals surface area (Å²) in [6.45, 7) is 21.3. The molecule has 0 radical (unpaired) electrons. The van der Waals surface area contributed by atoms with Gasteiger partial charge < -0.3 is 5.32 Å². The minimum absolute atomic E-state index is 0.300. The third kappa shape index (κ3) is 16.6. The Hall–Kier alpha value is -3.80. The molecule has 2 aromatic rings. The van der Waals surface area contributed by atoms with E-state index >= 15 is 0 Å². The zero-order valence-corrected chi connectivity index (χ0v) is 24.4. The van der Waals surface area contributed by atoms with Crippen LogP contribution in [0.4, 0.5) is 8.78 Å². The van der Waals surface area contributed by atoms with E-state index in [9.17, 15) is 13.6 Å². The zero-order chi connectivity index (χ0) is 29.6. The summed E-state index contributed by atoms with van der Waals surface area (Å²) in [5, 5.41) is 8.87. The van der Waals surface area contributed by atoms with E-state index in [4.69, 9.17) is 0 Å². The van der Waals surface area contributed by atoms with Gasteiger partial charge in [0, 0.05) is 24.2 Å². The zero-order valence-electron chi connectivity index (χ0n) is 24.4. The van der Waals surface area contributed by atoms with Crippen LogP contribution in [0.25, 0.3) is 5.70 Å². The molecule has 2 aromatic carbocycles. The van der Waals surface area contributed by atoms with Crippen molar-refractivity contribution in [1.29, 1.82) is 0 Å². The summed E-state index contributed by atoms with van der Waals surface area (Å²) in [5.41, 5.74) is 5.06. The van der Waals surface area contributed by atoms with Crippen LogP contribution in [0.3, 0.4) is 0 Å². The molecule has 0 aliphatic rings. The number of rotatable bonds is 12. The number of allylic oxidation sites excluding steroid dienone is 5. The van der Waals surface area contributed by atoms with E-state index in [1.54, 1.807) is 23.2 Å². The third-order valence-electron chi connectivity index (χ3n) is 5.09. The number of benzene rings is 2. The smallest absolute Gasteiger partial charge is 0.207 e. The van der Waals surface area contributed by atoms with Crippen LogP contribution in [0, 0.1) is 11.6 Å². The van der Waals surface area contributed by atoms with Gasteiger partial charge in [-0.15, -0.1) is 0 Å². The number of hydrogen-bond donors (Lipinski definition) is 1. The molecule has 0 saturated carbocycles. The summed E-state index contributed by atoms with van der Waals surface area (Å²) >= 11 is 0. The Labute approximate surface area is 234 Å². The molecule has 2 rings (SSSR count). The SMILES string of the molecule is C=C(C)/C=C(C)\C=C/C.C=C(c1cccc(F)c1)N(CCCC)/N=C(\C)c1cccc(F)c1.CCCNC=O. The number of halogens is 2. The summed E-state index contributed by atoms with van der Waals surface area (Å²) in [4.78, 5) is 9.45. The second kappa shape index (κ2) is 21.2. The lowest BCUT2D eigenvalue weighted by Gasteiger charge is -2.22. The highest BCUT2D eigenvalue weighted by Gasteiger charge is 2.11. The van der Waals surface area contributed by atoms with Crippen LogP contribution in [0.5, 0.6) is 0 Å². The van der Waals surface area contributed by atoms with Gasteiger partial charge in [0.1, 0.15) is 11.6 Å². The maximum atomic E-state index is 13.5. The molecular weight excluding hydrogens is 492 g/mol. The topological polar surface area (TPSA) is 44.7 Å². The van der Waals surface area contributed by atoms with Crippen LogP contribution in [-0.4, -0.2) is 30.2 Å². The molecule has 0 atom stereocenters. The summed E-state index contributed by atoms with van der Waals surface area (Å²) in [7, 11) is 0. The fourth-order valence-electron chi connectivity index (χ4n) is 3.23. The van der Waals surface area contributed by atoms with Crippen molar-refractivity contribution in [3.8, 4) is 0 Å². The van der Waals surface area contributed by atoms with E-state index in [2.05, 4.69) is 49.6 Å². The number of hydrogen-bond acceptors (Lipinski definition) is 3. The molecule has 212 valence electrons. The third-order valence-corrected chi connectivity index (χ3v) is 5.09. The molecule has 1 amide bonds. The summed E-state index contributed by atoms with van der Waals surface area (Å²) in [5.74, 6) is -0.610. The number of carbonyl (C=O) groups is 1. The van der Waals surface area contributed by atoms with Crippen LogP contribution >= 0.6 is 0 Å². The van der Waals surface area contributed by atoms with E-state index in [-0.39, 0.29) is 11.6 Å². The Morgan fingerprint density at radius 3 is 2.03 bits per heavy atom. The molecule has 0 aliphatic carbocycles. The first kappa shape index (κ1) is 35.2. The van der Waals surface area contributed by atoms with Crippen LogP contribution < -0.4 is 5.32 Å². The van der Waals surface area contributed by atoms with Crippen LogP contribution in [0.1, 0.15) is 71.9 Å². The van der Waals surface area contributed by atoms with Crippen molar-refractivity contribution in [1.82, 2.24) is 10.3 Å². The number of amides is 1. The van der Waals surface area contributed by atoms with Crippen molar-refractivity contribution in [2.75, 3.05) is 13.1 Å². The quantitative estimate of drug-likeness (QED) is 0.0968. The minimum atomic E-state index is -0.310. The number of carbonyl (C=O) groups excluding carboxylic acids is 1. The Balaban J connectivity index is 0.000000792. The van der Waals surface area contributed by atoms with Gasteiger partial charge in [-0.2, -0.15) is 5.10 Å². The van der Waals surface area contributed by atoms with E-state index in [1.165, 1.54) is 29.8 Å². The van der Waals surface area contributed by atoms with Gasteiger partial charge >= 0.3 is 0 Å². The van der Waals surface area contributed by atoms with Gasteiger partial charge in [-0.25, -0.2) is 8.78 Å². The van der Waals surface area contributed by atoms with Gasteiger partial charge in [-0.1, -0.05) is 87.1 Å². The Morgan fingerprint density at radius 1 is 0.974 bits per heavy atom.